The van der Waals surface area contributed by atoms with Crippen molar-refractivity contribution in [1.29, 1.82) is 0 Å². The number of likely N-dealkylation sites (tertiary alicyclic amines) is 1. The second kappa shape index (κ2) is 5.61. The van der Waals surface area contributed by atoms with Crippen molar-refractivity contribution >= 4 is 0 Å². The van der Waals surface area contributed by atoms with E-state index in [1.807, 2.05) is 0 Å². The maximum atomic E-state index is 4.34. The Hall–Kier alpha value is -0.900. The summed E-state index contributed by atoms with van der Waals surface area (Å²) in [7, 11) is 2.26. The quantitative estimate of drug-likeness (QED) is 0.838. The van der Waals surface area contributed by atoms with Gasteiger partial charge in [0.15, 0.2) is 0 Å². The highest BCUT2D eigenvalue weighted by Crippen LogP contribution is 2.30. The van der Waals surface area contributed by atoms with Crippen LogP contribution in [0.4, 0.5) is 0 Å². The lowest BCUT2D eigenvalue weighted by Gasteiger charge is -2.27. The van der Waals surface area contributed by atoms with Crippen molar-refractivity contribution in [2.75, 3.05) is 7.05 Å². The van der Waals surface area contributed by atoms with Gasteiger partial charge in [-0.05, 0) is 47.1 Å². The minimum atomic E-state index is 0.434. The van der Waals surface area contributed by atoms with Crippen molar-refractivity contribution in [2.24, 2.45) is 0 Å². The van der Waals surface area contributed by atoms with Crippen LogP contribution in [0.3, 0.4) is 0 Å². The number of aryl methyl sites for hydroxylation is 1. The molecule has 4 heteroatoms. The summed E-state index contributed by atoms with van der Waals surface area (Å²) in [6.45, 7) is 11.1. The van der Waals surface area contributed by atoms with Gasteiger partial charge in [0.05, 0.1) is 0 Å². The Balaban J connectivity index is 2.12. The molecule has 19 heavy (non-hydrogen) atoms. The Kier molecular flexibility index (Phi) is 4.29. The predicted molar refractivity (Wildman–Crippen MR) is 78.4 cm³/mol. The van der Waals surface area contributed by atoms with Crippen molar-refractivity contribution < 1.29 is 0 Å². The normalized spacial score (nSPS) is 26.3. The number of hydrogen-bond donors (Lipinski definition) is 0. The Morgan fingerprint density at radius 3 is 2.42 bits per heavy atom. The molecule has 2 heterocycles. The minimum absolute atomic E-state index is 0.434. The lowest BCUT2D eigenvalue weighted by molar-refractivity contribution is 0.222. The van der Waals surface area contributed by atoms with Crippen molar-refractivity contribution in [2.45, 2.75) is 77.9 Å². The van der Waals surface area contributed by atoms with E-state index in [1.165, 1.54) is 19.3 Å². The molecular formula is C15H28N4. The van der Waals surface area contributed by atoms with Crippen LogP contribution >= 0.6 is 0 Å². The van der Waals surface area contributed by atoms with E-state index in [-0.39, 0.29) is 0 Å². The lowest BCUT2D eigenvalue weighted by atomic mass is 10.0. The second-order valence-corrected chi connectivity index (χ2v) is 6.46. The van der Waals surface area contributed by atoms with E-state index in [0.717, 1.165) is 17.7 Å². The molecule has 0 N–H and O–H groups in total. The highest BCUT2D eigenvalue weighted by atomic mass is 15.3. The zero-order chi connectivity index (χ0) is 14.2. The van der Waals surface area contributed by atoms with Gasteiger partial charge < -0.3 is 9.47 Å². The van der Waals surface area contributed by atoms with Crippen LogP contribution in [0.1, 0.15) is 70.6 Å². The fourth-order valence-electron chi connectivity index (χ4n) is 3.31. The molecule has 0 saturated carbocycles. The van der Waals surface area contributed by atoms with Crippen LogP contribution in [0.25, 0.3) is 0 Å². The summed E-state index contributed by atoms with van der Waals surface area (Å²) >= 11 is 0. The predicted octanol–water partition coefficient (Wildman–Crippen LogP) is 3.14. The molecule has 1 aromatic rings. The number of nitrogens with zero attached hydrogens (tertiary/aromatic N) is 4. The summed E-state index contributed by atoms with van der Waals surface area (Å²) in [6.07, 6.45) is 3.84. The molecule has 1 aromatic heterocycles. The van der Waals surface area contributed by atoms with E-state index in [2.05, 4.69) is 61.3 Å². The van der Waals surface area contributed by atoms with Crippen LogP contribution in [0.2, 0.25) is 0 Å². The topological polar surface area (TPSA) is 34.0 Å². The van der Waals surface area contributed by atoms with E-state index >= 15 is 0 Å². The summed E-state index contributed by atoms with van der Waals surface area (Å²) < 4.78 is 2.33. The molecule has 108 valence electrons. The van der Waals surface area contributed by atoms with E-state index in [0.29, 0.717) is 18.0 Å². The Labute approximate surface area is 117 Å². The highest BCUT2D eigenvalue weighted by Gasteiger charge is 2.29. The number of aromatic nitrogens is 3. The van der Waals surface area contributed by atoms with Gasteiger partial charge in [-0.1, -0.05) is 13.8 Å². The third-order valence-electron chi connectivity index (χ3n) is 4.65. The van der Waals surface area contributed by atoms with Crippen molar-refractivity contribution in [1.82, 2.24) is 19.7 Å². The molecule has 3 unspecified atom stereocenters. The fourth-order valence-corrected chi connectivity index (χ4v) is 3.31. The van der Waals surface area contributed by atoms with Gasteiger partial charge in [-0.2, -0.15) is 0 Å². The maximum absolute atomic E-state index is 4.34. The summed E-state index contributed by atoms with van der Waals surface area (Å²) in [5.41, 5.74) is 0. The Bertz CT molecular complexity index is 424. The molecule has 0 amide bonds. The van der Waals surface area contributed by atoms with Crippen LogP contribution in [0, 0.1) is 6.92 Å². The average Bonchev–Trinajstić information content (AvgIpc) is 2.87. The van der Waals surface area contributed by atoms with Crippen molar-refractivity contribution in [3.63, 3.8) is 0 Å². The monoisotopic (exact) mass is 264 g/mol. The van der Waals surface area contributed by atoms with Crippen LogP contribution < -0.4 is 0 Å². The average molecular weight is 264 g/mol. The molecule has 0 radical (unpaired) electrons. The molecule has 0 bridgehead atoms. The van der Waals surface area contributed by atoms with E-state index in [1.54, 1.807) is 0 Å². The number of hydrogen-bond acceptors (Lipinski definition) is 3. The smallest absolute Gasteiger partial charge is 0.135 e. The molecular weight excluding hydrogens is 236 g/mol. The van der Waals surface area contributed by atoms with Crippen molar-refractivity contribution in [3.05, 3.63) is 11.6 Å². The van der Waals surface area contributed by atoms with Gasteiger partial charge in [-0.3, -0.25) is 0 Å². The van der Waals surface area contributed by atoms with Crippen LogP contribution in [0.15, 0.2) is 0 Å². The number of rotatable bonds is 4. The standard InChI is InChI=1S/C15H28N4/c1-10(2)15-17-16-13(5)19(15)12(4)9-14-8-7-11(3)18(14)6/h10-12,14H,7-9H2,1-6H3. The molecule has 1 fully saturated rings. The molecule has 4 nitrogen and oxygen atoms in total. The maximum Gasteiger partial charge on any atom is 0.135 e. The van der Waals surface area contributed by atoms with E-state index in [4.69, 9.17) is 0 Å². The minimum Gasteiger partial charge on any atom is -0.312 e. The SMILES string of the molecule is Cc1nnc(C(C)C)n1C(C)CC1CCC(C)N1C. The molecule has 0 aromatic carbocycles. The Morgan fingerprint density at radius 1 is 1.21 bits per heavy atom. The first-order chi connectivity index (χ1) is 8.91. The van der Waals surface area contributed by atoms with Crippen LogP contribution in [0.5, 0.6) is 0 Å². The first-order valence-corrected chi connectivity index (χ1v) is 7.55. The molecule has 1 aliphatic rings. The summed E-state index contributed by atoms with van der Waals surface area (Å²) in [5, 5.41) is 8.61. The van der Waals surface area contributed by atoms with Gasteiger partial charge in [-0.15, -0.1) is 10.2 Å². The molecule has 3 atom stereocenters. The van der Waals surface area contributed by atoms with Gasteiger partial charge >= 0.3 is 0 Å². The summed E-state index contributed by atoms with van der Waals surface area (Å²) in [5.74, 6) is 2.60. The van der Waals surface area contributed by atoms with Gasteiger partial charge in [0.1, 0.15) is 11.6 Å². The van der Waals surface area contributed by atoms with Gasteiger partial charge in [0, 0.05) is 24.0 Å². The Morgan fingerprint density at radius 2 is 1.89 bits per heavy atom. The van der Waals surface area contributed by atoms with E-state index < -0.39 is 0 Å². The van der Waals surface area contributed by atoms with Crippen molar-refractivity contribution in [3.8, 4) is 0 Å². The lowest BCUT2D eigenvalue weighted by Crippen LogP contribution is -2.32. The highest BCUT2D eigenvalue weighted by molar-refractivity contribution is 5.01. The largest absolute Gasteiger partial charge is 0.312 e. The first kappa shape index (κ1) is 14.5. The van der Waals surface area contributed by atoms with Gasteiger partial charge in [0.2, 0.25) is 0 Å². The molecule has 0 aliphatic carbocycles. The fraction of sp³-hybridized carbons (Fsp3) is 0.867. The van der Waals surface area contributed by atoms with E-state index in [9.17, 15) is 0 Å². The van der Waals surface area contributed by atoms with Crippen LogP contribution in [-0.4, -0.2) is 38.8 Å². The molecule has 1 saturated heterocycles. The zero-order valence-corrected chi connectivity index (χ0v) is 13.2. The molecule has 2 rings (SSSR count). The second-order valence-electron chi connectivity index (χ2n) is 6.46. The van der Waals surface area contributed by atoms with Gasteiger partial charge in [-0.25, -0.2) is 0 Å². The summed E-state index contributed by atoms with van der Waals surface area (Å²) in [4.78, 5) is 2.53. The third-order valence-corrected chi connectivity index (χ3v) is 4.65. The van der Waals surface area contributed by atoms with Crippen LogP contribution in [-0.2, 0) is 0 Å². The molecule has 0 spiro atoms. The van der Waals surface area contributed by atoms with Gasteiger partial charge in [0.25, 0.3) is 0 Å². The zero-order valence-electron chi connectivity index (χ0n) is 13.2. The first-order valence-electron chi connectivity index (χ1n) is 7.55. The summed E-state index contributed by atoms with van der Waals surface area (Å²) in [6, 6.07) is 1.90. The third kappa shape index (κ3) is 2.83. The molecule has 1 aliphatic heterocycles.